The highest BCUT2D eigenvalue weighted by Crippen LogP contribution is 2.22. The lowest BCUT2D eigenvalue weighted by atomic mass is 10.0. The Kier molecular flexibility index (Phi) is 5.58. The molecule has 0 bridgehead atoms. The fourth-order valence-corrected chi connectivity index (χ4v) is 4.08. The summed E-state index contributed by atoms with van der Waals surface area (Å²) >= 11 is 0. The van der Waals surface area contributed by atoms with Gasteiger partial charge in [-0.25, -0.2) is 0 Å². The van der Waals surface area contributed by atoms with Crippen LogP contribution in [0.3, 0.4) is 0 Å². The Labute approximate surface area is 165 Å². The van der Waals surface area contributed by atoms with Crippen LogP contribution in [0.25, 0.3) is 10.8 Å². The molecule has 0 radical (unpaired) electrons. The molecular formula is C24H26N2O2. The molecule has 4 rings (SSSR count). The topological polar surface area (TPSA) is 52.6 Å². The van der Waals surface area contributed by atoms with Crippen LogP contribution in [0.5, 0.6) is 0 Å². The van der Waals surface area contributed by atoms with Crippen LogP contribution < -0.4 is 10.2 Å². The van der Waals surface area contributed by atoms with Crippen molar-refractivity contribution in [1.29, 1.82) is 0 Å². The predicted molar refractivity (Wildman–Crippen MR) is 114 cm³/mol. The van der Waals surface area contributed by atoms with Gasteiger partial charge in [-0.2, -0.15) is 0 Å². The average molecular weight is 374 g/mol. The number of carbonyl (C=O) groups is 1. The molecule has 4 nitrogen and oxygen atoms in total. The number of hydrogen-bond donors (Lipinski definition) is 2. The molecule has 0 amide bonds. The van der Waals surface area contributed by atoms with Gasteiger partial charge in [-0.05, 0) is 53.4 Å². The lowest BCUT2D eigenvalue weighted by molar-refractivity contribution is -0.136. The molecular weight excluding hydrogens is 348 g/mol. The monoisotopic (exact) mass is 374 g/mol. The zero-order valence-corrected chi connectivity index (χ0v) is 16.0. The van der Waals surface area contributed by atoms with Crippen molar-refractivity contribution in [3.05, 3.63) is 77.9 Å². The molecule has 1 fully saturated rings. The summed E-state index contributed by atoms with van der Waals surface area (Å²) in [6, 6.07) is 23.5. The van der Waals surface area contributed by atoms with E-state index < -0.39 is 5.97 Å². The number of anilines is 1. The highest BCUT2D eigenvalue weighted by molar-refractivity contribution is 5.85. The second kappa shape index (κ2) is 8.44. The van der Waals surface area contributed by atoms with Crippen LogP contribution >= 0.6 is 0 Å². The quantitative estimate of drug-likeness (QED) is 0.659. The Hall–Kier alpha value is -2.85. The standard InChI is InChI=1S/C24H26N2O2/c27-24(28)16-18-8-10-22(11-9-18)26-15-13-21(17-26)25-14-12-20-6-3-5-19-4-1-2-7-23(19)20/h1-11,21,25H,12-17H2,(H,27,28)/t21-/m0/s1. The van der Waals surface area contributed by atoms with Crippen LogP contribution in [-0.4, -0.2) is 36.8 Å². The van der Waals surface area contributed by atoms with E-state index in [0.29, 0.717) is 6.04 Å². The highest BCUT2D eigenvalue weighted by atomic mass is 16.4. The summed E-state index contributed by atoms with van der Waals surface area (Å²) < 4.78 is 0. The van der Waals surface area contributed by atoms with Crippen molar-refractivity contribution in [3.63, 3.8) is 0 Å². The molecule has 4 heteroatoms. The van der Waals surface area contributed by atoms with E-state index in [2.05, 4.69) is 52.7 Å². The first-order valence-electron chi connectivity index (χ1n) is 9.95. The van der Waals surface area contributed by atoms with Gasteiger partial charge in [-0.15, -0.1) is 0 Å². The van der Waals surface area contributed by atoms with Gasteiger partial charge in [0.15, 0.2) is 0 Å². The largest absolute Gasteiger partial charge is 0.481 e. The zero-order valence-electron chi connectivity index (χ0n) is 16.0. The minimum Gasteiger partial charge on any atom is -0.481 e. The molecule has 1 aliphatic rings. The van der Waals surface area contributed by atoms with E-state index in [1.165, 1.54) is 22.0 Å². The minimum atomic E-state index is -0.788. The van der Waals surface area contributed by atoms with Gasteiger partial charge in [0, 0.05) is 24.8 Å². The number of fused-ring (bicyclic) bond motifs is 1. The van der Waals surface area contributed by atoms with Gasteiger partial charge < -0.3 is 15.3 Å². The summed E-state index contributed by atoms with van der Waals surface area (Å²) in [5.41, 5.74) is 3.42. The molecule has 0 unspecified atom stereocenters. The molecule has 1 heterocycles. The normalized spacial score (nSPS) is 16.6. The predicted octanol–water partition coefficient (Wildman–Crippen LogP) is 3.88. The molecule has 0 aromatic heterocycles. The maximum Gasteiger partial charge on any atom is 0.307 e. The van der Waals surface area contributed by atoms with Crippen molar-refractivity contribution in [2.45, 2.75) is 25.3 Å². The van der Waals surface area contributed by atoms with Crippen molar-refractivity contribution in [2.24, 2.45) is 0 Å². The highest BCUT2D eigenvalue weighted by Gasteiger charge is 2.22. The third-order valence-electron chi connectivity index (χ3n) is 5.55. The van der Waals surface area contributed by atoms with Gasteiger partial charge in [0.1, 0.15) is 0 Å². The third-order valence-corrected chi connectivity index (χ3v) is 5.55. The van der Waals surface area contributed by atoms with E-state index in [0.717, 1.165) is 38.0 Å². The zero-order chi connectivity index (χ0) is 19.3. The van der Waals surface area contributed by atoms with E-state index in [1.807, 2.05) is 24.3 Å². The molecule has 0 spiro atoms. The number of nitrogens with one attached hydrogen (secondary N) is 1. The summed E-state index contributed by atoms with van der Waals surface area (Å²) in [6.07, 6.45) is 2.24. The third kappa shape index (κ3) is 4.34. The summed E-state index contributed by atoms with van der Waals surface area (Å²) in [7, 11) is 0. The molecule has 1 aliphatic heterocycles. The molecule has 1 atom stereocenters. The van der Waals surface area contributed by atoms with E-state index in [4.69, 9.17) is 5.11 Å². The Morgan fingerprint density at radius 2 is 1.82 bits per heavy atom. The molecule has 1 saturated heterocycles. The van der Waals surface area contributed by atoms with Gasteiger partial charge >= 0.3 is 5.97 Å². The molecule has 144 valence electrons. The molecule has 0 aliphatic carbocycles. The number of aliphatic carboxylic acids is 1. The molecule has 3 aromatic rings. The molecule has 28 heavy (non-hydrogen) atoms. The maximum atomic E-state index is 10.8. The number of benzene rings is 3. The Bertz CT molecular complexity index is 947. The Balaban J connectivity index is 1.29. The fraction of sp³-hybridized carbons (Fsp3) is 0.292. The Morgan fingerprint density at radius 1 is 1.04 bits per heavy atom. The number of carboxylic acids is 1. The second-order valence-electron chi connectivity index (χ2n) is 7.51. The van der Waals surface area contributed by atoms with Crippen molar-refractivity contribution in [2.75, 3.05) is 24.5 Å². The van der Waals surface area contributed by atoms with Crippen LogP contribution in [-0.2, 0) is 17.6 Å². The molecule has 2 N–H and O–H groups in total. The van der Waals surface area contributed by atoms with Gasteiger partial charge in [-0.3, -0.25) is 4.79 Å². The van der Waals surface area contributed by atoms with E-state index in [-0.39, 0.29) is 6.42 Å². The summed E-state index contributed by atoms with van der Waals surface area (Å²) in [4.78, 5) is 13.2. The number of carboxylic acid groups (broad SMARTS) is 1. The number of hydrogen-bond acceptors (Lipinski definition) is 3. The summed E-state index contributed by atoms with van der Waals surface area (Å²) in [5.74, 6) is -0.788. The van der Waals surface area contributed by atoms with Gasteiger partial charge in [0.2, 0.25) is 0 Å². The van der Waals surface area contributed by atoms with Crippen LogP contribution in [0.1, 0.15) is 17.5 Å². The van der Waals surface area contributed by atoms with Crippen molar-refractivity contribution in [1.82, 2.24) is 5.32 Å². The lowest BCUT2D eigenvalue weighted by Crippen LogP contribution is -2.33. The van der Waals surface area contributed by atoms with E-state index in [1.54, 1.807) is 0 Å². The molecule has 0 saturated carbocycles. The number of rotatable bonds is 7. The van der Waals surface area contributed by atoms with Gasteiger partial charge in [0.05, 0.1) is 6.42 Å². The molecule has 3 aromatic carbocycles. The summed E-state index contributed by atoms with van der Waals surface area (Å²) in [5, 5.41) is 15.3. The Morgan fingerprint density at radius 3 is 2.64 bits per heavy atom. The maximum absolute atomic E-state index is 10.8. The van der Waals surface area contributed by atoms with Crippen LogP contribution in [0, 0.1) is 0 Å². The first-order chi connectivity index (χ1) is 13.7. The van der Waals surface area contributed by atoms with Crippen molar-refractivity contribution < 1.29 is 9.90 Å². The summed E-state index contributed by atoms with van der Waals surface area (Å²) in [6.45, 7) is 3.00. The number of nitrogens with zero attached hydrogens (tertiary/aromatic N) is 1. The first kappa shape index (κ1) is 18.5. The van der Waals surface area contributed by atoms with Gasteiger partial charge in [0.25, 0.3) is 0 Å². The average Bonchev–Trinajstić information content (AvgIpc) is 3.17. The lowest BCUT2D eigenvalue weighted by Gasteiger charge is -2.19. The second-order valence-corrected chi connectivity index (χ2v) is 7.51. The van der Waals surface area contributed by atoms with Crippen LogP contribution in [0.15, 0.2) is 66.7 Å². The van der Waals surface area contributed by atoms with Crippen molar-refractivity contribution in [3.8, 4) is 0 Å². The van der Waals surface area contributed by atoms with Crippen LogP contribution in [0.4, 0.5) is 5.69 Å². The van der Waals surface area contributed by atoms with Crippen LogP contribution in [0.2, 0.25) is 0 Å². The minimum absolute atomic E-state index is 0.0820. The van der Waals surface area contributed by atoms with Gasteiger partial charge in [-0.1, -0.05) is 54.6 Å². The smallest absolute Gasteiger partial charge is 0.307 e. The van der Waals surface area contributed by atoms with E-state index >= 15 is 0 Å². The fourth-order valence-electron chi connectivity index (χ4n) is 4.08. The first-order valence-corrected chi connectivity index (χ1v) is 9.95. The van der Waals surface area contributed by atoms with Crippen molar-refractivity contribution >= 4 is 22.4 Å². The SMILES string of the molecule is O=C(O)Cc1ccc(N2CC[C@H](NCCc3cccc4ccccc34)C2)cc1. The van der Waals surface area contributed by atoms with E-state index in [9.17, 15) is 4.79 Å².